The Morgan fingerprint density at radius 3 is 2.83 bits per heavy atom. The first-order valence-corrected chi connectivity index (χ1v) is 10.4. The summed E-state index contributed by atoms with van der Waals surface area (Å²) in [7, 11) is 0. The Labute approximate surface area is 185 Å². The molecule has 1 amide bonds. The SMILES string of the molecule is O=C(NOCC1CC1)c1cc(F)c(-n2cccn2)cc1Nc1ccc(I)cc1Cl. The van der Waals surface area contributed by atoms with Gasteiger partial charge in [-0.1, -0.05) is 11.6 Å². The number of aromatic nitrogens is 2. The first-order chi connectivity index (χ1) is 14.0. The highest BCUT2D eigenvalue weighted by molar-refractivity contribution is 14.1. The van der Waals surface area contributed by atoms with Crippen molar-refractivity contribution in [3.05, 3.63) is 68.8 Å². The maximum atomic E-state index is 14.7. The third-order valence-electron chi connectivity index (χ3n) is 4.46. The smallest absolute Gasteiger partial charge is 0.277 e. The number of hydroxylamine groups is 1. The zero-order chi connectivity index (χ0) is 20.4. The Bertz CT molecular complexity index is 1040. The average Bonchev–Trinajstić information content (AvgIpc) is 3.35. The molecule has 0 atom stereocenters. The van der Waals surface area contributed by atoms with Crippen LogP contribution in [0.25, 0.3) is 5.69 Å². The fourth-order valence-corrected chi connectivity index (χ4v) is 3.64. The van der Waals surface area contributed by atoms with E-state index in [2.05, 4.69) is 38.5 Å². The molecule has 1 fully saturated rings. The van der Waals surface area contributed by atoms with E-state index in [9.17, 15) is 9.18 Å². The molecule has 1 saturated carbocycles. The molecular formula is C20H17ClFIN4O2. The number of nitrogens with one attached hydrogen (secondary N) is 2. The number of amides is 1. The molecule has 1 aliphatic rings. The van der Waals surface area contributed by atoms with Gasteiger partial charge in [0.15, 0.2) is 0 Å². The molecule has 1 heterocycles. The second-order valence-corrected chi connectivity index (χ2v) is 8.39. The van der Waals surface area contributed by atoms with Gasteiger partial charge < -0.3 is 5.32 Å². The van der Waals surface area contributed by atoms with Crippen LogP contribution in [0.1, 0.15) is 23.2 Å². The zero-order valence-corrected chi connectivity index (χ0v) is 18.1. The number of anilines is 2. The number of halogens is 3. The molecule has 2 N–H and O–H groups in total. The van der Waals surface area contributed by atoms with E-state index in [-0.39, 0.29) is 11.3 Å². The molecule has 1 aliphatic carbocycles. The van der Waals surface area contributed by atoms with Crippen molar-refractivity contribution in [2.75, 3.05) is 11.9 Å². The number of nitrogens with zero attached hydrogens (tertiary/aromatic N) is 2. The largest absolute Gasteiger partial charge is 0.354 e. The van der Waals surface area contributed by atoms with Crippen molar-refractivity contribution in [3.8, 4) is 5.69 Å². The summed E-state index contributed by atoms with van der Waals surface area (Å²) in [5, 5.41) is 7.69. The summed E-state index contributed by atoms with van der Waals surface area (Å²) >= 11 is 8.48. The van der Waals surface area contributed by atoms with Gasteiger partial charge in [0.05, 0.1) is 28.6 Å². The number of hydrogen-bond acceptors (Lipinski definition) is 4. The molecular weight excluding hydrogens is 510 g/mol. The van der Waals surface area contributed by atoms with E-state index in [0.29, 0.717) is 28.9 Å². The van der Waals surface area contributed by atoms with Crippen LogP contribution in [-0.4, -0.2) is 22.3 Å². The van der Waals surface area contributed by atoms with E-state index in [4.69, 9.17) is 16.4 Å². The van der Waals surface area contributed by atoms with Crippen LogP contribution >= 0.6 is 34.2 Å². The second kappa shape index (κ2) is 8.68. The highest BCUT2D eigenvalue weighted by Gasteiger charge is 2.23. The molecule has 0 unspecified atom stereocenters. The van der Waals surface area contributed by atoms with Crippen molar-refractivity contribution in [2.24, 2.45) is 5.92 Å². The lowest BCUT2D eigenvalue weighted by molar-refractivity contribution is 0.0270. The molecule has 0 spiro atoms. The maximum Gasteiger partial charge on any atom is 0.277 e. The fraction of sp³-hybridized carbons (Fsp3) is 0.200. The molecule has 1 aromatic heterocycles. The van der Waals surface area contributed by atoms with Crippen molar-refractivity contribution in [3.63, 3.8) is 0 Å². The lowest BCUT2D eigenvalue weighted by Gasteiger charge is -2.16. The topological polar surface area (TPSA) is 68.2 Å². The number of carbonyl (C=O) groups excluding carboxylic acids is 1. The van der Waals surface area contributed by atoms with Gasteiger partial charge >= 0.3 is 0 Å². The van der Waals surface area contributed by atoms with Gasteiger partial charge in [-0.3, -0.25) is 9.63 Å². The van der Waals surface area contributed by atoms with Gasteiger partial charge in [0, 0.05) is 16.0 Å². The molecule has 0 radical (unpaired) electrons. The predicted molar refractivity (Wildman–Crippen MR) is 117 cm³/mol. The summed E-state index contributed by atoms with van der Waals surface area (Å²) in [6, 6.07) is 9.84. The summed E-state index contributed by atoms with van der Waals surface area (Å²) in [6.45, 7) is 0.450. The first kappa shape index (κ1) is 20.1. The van der Waals surface area contributed by atoms with E-state index in [1.54, 1.807) is 30.6 Å². The first-order valence-electron chi connectivity index (χ1n) is 8.99. The second-order valence-electron chi connectivity index (χ2n) is 6.73. The van der Waals surface area contributed by atoms with Crippen LogP contribution in [0.5, 0.6) is 0 Å². The zero-order valence-electron chi connectivity index (χ0n) is 15.2. The van der Waals surface area contributed by atoms with Crippen LogP contribution in [0.3, 0.4) is 0 Å². The van der Waals surface area contributed by atoms with Gasteiger partial charge in [-0.05, 0) is 77.7 Å². The monoisotopic (exact) mass is 526 g/mol. The van der Waals surface area contributed by atoms with E-state index in [1.807, 2.05) is 6.07 Å². The van der Waals surface area contributed by atoms with Crippen molar-refractivity contribution < 1.29 is 14.0 Å². The highest BCUT2D eigenvalue weighted by atomic mass is 127. The Morgan fingerprint density at radius 2 is 2.14 bits per heavy atom. The fourth-order valence-electron chi connectivity index (χ4n) is 2.74. The number of benzene rings is 2. The van der Waals surface area contributed by atoms with E-state index < -0.39 is 11.7 Å². The number of hydrogen-bond donors (Lipinski definition) is 2. The van der Waals surface area contributed by atoms with E-state index in [0.717, 1.165) is 22.5 Å². The van der Waals surface area contributed by atoms with Crippen molar-refractivity contribution in [1.82, 2.24) is 15.3 Å². The van der Waals surface area contributed by atoms with Gasteiger partial charge in [0.25, 0.3) is 5.91 Å². The normalized spacial score (nSPS) is 13.3. The Kier molecular flexibility index (Phi) is 6.02. The highest BCUT2D eigenvalue weighted by Crippen LogP contribution is 2.31. The quantitative estimate of drug-likeness (QED) is 0.333. The lowest BCUT2D eigenvalue weighted by atomic mass is 10.1. The Morgan fingerprint density at radius 1 is 1.31 bits per heavy atom. The summed E-state index contributed by atoms with van der Waals surface area (Å²) in [5.74, 6) is -0.640. The summed E-state index contributed by atoms with van der Waals surface area (Å²) in [6.07, 6.45) is 5.37. The van der Waals surface area contributed by atoms with Gasteiger partial charge in [-0.2, -0.15) is 5.10 Å². The minimum atomic E-state index is -0.583. The van der Waals surface area contributed by atoms with Crippen molar-refractivity contribution in [2.45, 2.75) is 12.8 Å². The summed E-state index contributed by atoms with van der Waals surface area (Å²) in [5.41, 5.74) is 3.68. The summed E-state index contributed by atoms with van der Waals surface area (Å²) < 4.78 is 17.1. The van der Waals surface area contributed by atoms with Crippen molar-refractivity contribution >= 4 is 51.5 Å². The van der Waals surface area contributed by atoms with Crippen LogP contribution in [0.4, 0.5) is 15.8 Å². The molecule has 3 aromatic rings. The van der Waals surface area contributed by atoms with E-state index >= 15 is 0 Å². The predicted octanol–water partition coefficient (Wildman–Crippen LogP) is 5.08. The number of carbonyl (C=O) groups is 1. The molecule has 0 saturated heterocycles. The van der Waals surface area contributed by atoms with Crippen LogP contribution in [0.2, 0.25) is 5.02 Å². The molecule has 9 heteroatoms. The molecule has 150 valence electrons. The molecule has 0 bridgehead atoms. The van der Waals surface area contributed by atoms with Crippen LogP contribution in [0, 0.1) is 15.3 Å². The number of rotatable bonds is 7. The molecule has 0 aliphatic heterocycles. The van der Waals surface area contributed by atoms with Gasteiger partial charge in [-0.15, -0.1) is 0 Å². The maximum absolute atomic E-state index is 14.7. The molecule has 6 nitrogen and oxygen atoms in total. The Balaban J connectivity index is 1.67. The van der Waals surface area contributed by atoms with Gasteiger partial charge in [-0.25, -0.2) is 14.6 Å². The Hall–Kier alpha value is -2.17. The van der Waals surface area contributed by atoms with Crippen LogP contribution < -0.4 is 10.8 Å². The minimum Gasteiger partial charge on any atom is -0.354 e. The van der Waals surface area contributed by atoms with Crippen LogP contribution in [0.15, 0.2) is 48.8 Å². The van der Waals surface area contributed by atoms with Gasteiger partial charge in [0.2, 0.25) is 0 Å². The lowest BCUT2D eigenvalue weighted by Crippen LogP contribution is -2.26. The molecule has 2 aromatic carbocycles. The van der Waals surface area contributed by atoms with E-state index in [1.165, 1.54) is 10.7 Å². The summed E-state index contributed by atoms with van der Waals surface area (Å²) in [4.78, 5) is 17.9. The molecule has 29 heavy (non-hydrogen) atoms. The average molecular weight is 527 g/mol. The third kappa shape index (κ3) is 4.88. The third-order valence-corrected chi connectivity index (χ3v) is 5.45. The van der Waals surface area contributed by atoms with Gasteiger partial charge in [0.1, 0.15) is 11.5 Å². The minimum absolute atomic E-state index is 0.101. The van der Waals surface area contributed by atoms with Crippen LogP contribution in [-0.2, 0) is 4.84 Å². The molecule has 4 rings (SSSR count). The van der Waals surface area contributed by atoms with Crippen molar-refractivity contribution in [1.29, 1.82) is 0 Å². The standard InChI is InChI=1S/C20H17ClFIN4O2/c21-15-8-13(23)4-5-17(15)25-18-10-19(27-7-1-6-24-27)16(22)9-14(18)20(28)26-29-11-12-2-3-12/h1,4-10,12,25H,2-3,11H2,(H,26,28).